The van der Waals surface area contributed by atoms with E-state index in [4.69, 9.17) is 0 Å². The summed E-state index contributed by atoms with van der Waals surface area (Å²) in [6.07, 6.45) is 2.93. The molecular formula is C12H15IO. The molecular weight excluding hydrogens is 287 g/mol. The Morgan fingerprint density at radius 1 is 1.50 bits per heavy atom. The van der Waals surface area contributed by atoms with Gasteiger partial charge in [-0.15, -0.1) is 0 Å². The van der Waals surface area contributed by atoms with E-state index in [9.17, 15) is 4.79 Å². The zero-order valence-electron chi connectivity index (χ0n) is 8.59. The van der Waals surface area contributed by atoms with Crippen molar-refractivity contribution in [2.75, 3.05) is 0 Å². The van der Waals surface area contributed by atoms with Gasteiger partial charge in [-0.1, -0.05) is 26.0 Å². The van der Waals surface area contributed by atoms with Crippen LogP contribution < -0.4 is 0 Å². The fourth-order valence-corrected chi connectivity index (χ4v) is 2.16. The minimum atomic E-state index is 0.125. The SMILES string of the molecule is CCc1cc(CC(C)C=O)ccc1I. The number of aryl methyl sites for hydroxylation is 1. The number of benzene rings is 1. The van der Waals surface area contributed by atoms with Gasteiger partial charge in [0.15, 0.2) is 0 Å². The van der Waals surface area contributed by atoms with E-state index in [0.717, 1.165) is 19.1 Å². The molecule has 76 valence electrons. The largest absolute Gasteiger partial charge is 0.303 e. The van der Waals surface area contributed by atoms with Gasteiger partial charge < -0.3 is 4.79 Å². The van der Waals surface area contributed by atoms with Gasteiger partial charge in [0, 0.05) is 9.49 Å². The number of carbonyl (C=O) groups is 1. The Morgan fingerprint density at radius 3 is 2.79 bits per heavy atom. The number of rotatable bonds is 4. The quantitative estimate of drug-likeness (QED) is 0.616. The van der Waals surface area contributed by atoms with Crippen LogP contribution in [0.4, 0.5) is 0 Å². The lowest BCUT2D eigenvalue weighted by Gasteiger charge is -2.07. The maximum Gasteiger partial charge on any atom is 0.123 e. The number of carbonyl (C=O) groups excluding carboxylic acids is 1. The molecule has 1 aromatic carbocycles. The van der Waals surface area contributed by atoms with Crippen LogP contribution in [0.1, 0.15) is 25.0 Å². The standard InChI is InChI=1S/C12H15IO/c1-3-11-7-10(4-5-12(11)13)6-9(2)8-14/h4-5,7-9H,3,6H2,1-2H3. The fraction of sp³-hybridized carbons (Fsp3) is 0.417. The van der Waals surface area contributed by atoms with Gasteiger partial charge in [-0.2, -0.15) is 0 Å². The normalized spacial score (nSPS) is 12.5. The molecule has 0 N–H and O–H groups in total. The second-order valence-electron chi connectivity index (χ2n) is 3.60. The molecule has 1 unspecified atom stereocenters. The summed E-state index contributed by atoms with van der Waals surface area (Å²) in [6, 6.07) is 6.45. The molecule has 1 nitrogen and oxygen atoms in total. The third kappa shape index (κ3) is 3.08. The van der Waals surface area contributed by atoms with Crippen LogP contribution in [0.15, 0.2) is 18.2 Å². The molecule has 0 saturated carbocycles. The lowest BCUT2D eigenvalue weighted by Crippen LogP contribution is -2.01. The van der Waals surface area contributed by atoms with E-state index in [2.05, 4.69) is 47.7 Å². The van der Waals surface area contributed by atoms with Crippen molar-refractivity contribution in [3.8, 4) is 0 Å². The molecule has 0 aliphatic rings. The van der Waals surface area contributed by atoms with Gasteiger partial charge in [0.25, 0.3) is 0 Å². The topological polar surface area (TPSA) is 17.1 Å². The molecule has 0 bridgehead atoms. The third-order valence-corrected chi connectivity index (χ3v) is 3.33. The molecule has 0 fully saturated rings. The molecule has 14 heavy (non-hydrogen) atoms. The van der Waals surface area contributed by atoms with E-state index in [1.54, 1.807) is 0 Å². The van der Waals surface area contributed by atoms with Crippen molar-refractivity contribution in [3.63, 3.8) is 0 Å². The molecule has 0 aliphatic carbocycles. The van der Waals surface area contributed by atoms with Crippen LogP contribution in [-0.4, -0.2) is 6.29 Å². The first-order chi connectivity index (χ1) is 6.67. The summed E-state index contributed by atoms with van der Waals surface area (Å²) in [5, 5.41) is 0. The predicted octanol–water partition coefficient (Wildman–Crippen LogP) is 3.23. The second kappa shape index (κ2) is 5.49. The van der Waals surface area contributed by atoms with Crippen molar-refractivity contribution in [2.45, 2.75) is 26.7 Å². The van der Waals surface area contributed by atoms with E-state index >= 15 is 0 Å². The Morgan fingerprint density at radius 2 is 2.21 bits per heavy atom. The van der Waals surface area contributed by atoms with Crippen LogP contribution in [0.5, 0.6) is 0 Å². The van der Waals surface area contributed by atoms with Gasteiger partial charge in [-0.25, -0.2) is 0 Å². The molecule has 1 rings (SSSR count). The first-order valence-corrected chi connectivity index (χ1v) is 5.97. The maximum atomic E-state index is 10.5. The average molecular weight is 302 g/mol. The van der Waals surface area contributed by atoms with Gasteiger partial charge in [0.1, 0.15) is 6.29 Å². The first-order valence-electron chi connectivity index (χ1n) is 4.90. The summed E-state index contributed by atoms with van der Waals surface area (Å²) in [5.41, 5.74) is 2.64. The Kier molecular flexibility index (Phi) is 4.58. The zero-order chi connectivity index (χ0) is 10.6. The summed E-state index contributed by atoms with van der Waals surface area (Å²) >= 11 is 2.35. The maximum absolute atomic E-state index is 10.5. The van der Waals surface area contributed by atoms with Crippen LogP contribution in [0.25, 0.3) is 0 Å². The van der Waals surface area contributed by atoms with Gasteiger partial charge >= 0.3 is 0 Å². The van der Waals surface area contributed by atoms with Crippen molar-refractivity contribution in [1.82, 2.24) is 0 Å². The summed E-state index contributed by atoms with van der Waals surface area (Å²) in [6.45, 7) is 4.11. The average Bonchev–Trinajstić information content (AvgIpc) is 2.20. The number of hydrogen-bond donors (Lipinski definition) is 0. The number of aldehydes is 1. The molecule has 1 aromatic rings. The first kappa shape index (κ1) is 11.7. The minimum Gasteiger partial charge on any atom is -0.303 e. The van der Waals surface area contributed by atoms with Gasteiger partial charge in [0.05, 0.1) is 0 Å². The number of halogens is 1. The van der Waals surface area contributed by atoms with Crippen LogP contribution in [0.2, 0.25) is 0 Å². The molecule has 0 heterocycles. The summed E-state index contributed by atoms with van der Waals surface area (Å²) in [5.74, 6) is 0.125. The van der Waals surface area contributed by atoms with Crippen molar-refractivity contribution < 1.29 is 4.79 Å². The fourth-order valence-electron chi connectivity index (χ4n) is 1.45. The smallest absolute Gasteiger partial charge is 0.123 e. The van der Waals surface area contributed by atoms with Crippen molar-refractivity contribution in [1.29, 1.82) is 0 Å². The third-order valence-electron chi connectivity index (χ3n) is 2.28. The number of hydrogen-bond acceptors (Lipinski definition) is 1. The second-order valence-corrected chi connectivity index (χ2v) is 4.76. The highest BCUT2D eigenvalue weighted by molar-refractivity contribution is 14.1. The lowest BCUT2D eigenvalue weighted by molar-refractivity contribution is -0.110. The van der Waals surface area contributed by atoms with Crippen LogP contribution >= 0.6 is 22.6 Å². The van der Waals surface area contributed by atoms with E-state index in [-0.39, 0.29) is 5.92 Å². The summed E-state index contributed by atoms with van der Waals surface area (Å²) < 4.78 is 1.31. The van der Waals surface area contributed by atoms with Gasteiger partial charge in [-0.05, 0) is 52.6 Å². The Bertz CT molecular complexity index is 320. The summed E-state index contributed by atoms with van der Waals surface area (Å²) in [7, 11) is 0. The Hall–Kier alpha value is -0.380. The highest BCUT2D eigenvalue weighted by Crippen LogP contribution is 2.16. The minimum absolute atomic E-state index is 0.125. The van der Waals surface area contributed by atoms with Crippen molar-refractivity contribution in [2.24, 2.45) is 5.92 Å². The molecule has 1 atom stereocenters. The van der Waals surface area contributed by atoms with E-state index in [0.29, 0.717) is 0 Å². The van der Waals surface area contributed by atoms with Crippen molar-refractivity contribution in [3.05, 3.63) is 32.9 Å². The highest BCUT2D eigenvalue weighted by Gasteiger charge is 2.04. The predicted molar refractivity (Wildman–Crippen MR) is 67.5 cm³/mol. The van der Waals surface area contributed by atoms with Crippen LogP contribution in [0, 0.1) is 9.49 Å². The molecule has 0 aromatic heterocycles. The highest BCUT2D eigenvalue weighted by atomic mass is 127. The molecule has 0 saturated heterocycles. The summed E-state index contributed by atoms with van der Waals surface area (Å²) in [4.78, 5) is 10.5. The van der Waals surface area contributed by atoms with E-state index in [1.165, 1.54) is 14.7 Å². The zero-order valence-corrected chi connectivity index (χ0v) is 10.7. The van der Waals surface area contributed by atoms with Crippen LogP contribution in [0.3, 0.4) is 0 Å². The van der Waals surface area contributed by atoms with E-state index < -0.39 is 0 Å². The molecule has 0 aliphatic heterocycles. The molecule has 0 radical (unpaired) electrons. The Balaban J connectivity index is 2.84. The molecule has 0 amide bonds. The molecule has 2 heteroatoms. The monoisotopic (exact) mass is 302 g/mol. The van der Waals surface area contributed by atoms with Crippen LogP contribution in [-0.2, 0) is 17.6 Å². The van der Waals surface area contributed by atoms with E-state index in [1.807, 2.05) is 6.92 Å². The van der Waals surface area contributed by atoms with Gasteiger partial charge in [-0.3, -0.25) is 0 Å². The lowest BCUT2D eigenvalue weighted by atomic mass is 10.00. The van der Waals surface area contributed by atoms with Crippen molar-refractivity contribution >= 4 is 28.9 Å². The Labute approximate surface area is 99.0 Å². The van der Waals surface area contributed by atoms with Gasteiger partial charge in [0.2, 0.25) is 0 Å². The molecule has 0 spiro atoms.